The van der Waals surface area contributed by atoms with Gasteiger partial charge in [0.15, 0.2) is 0 Å². The molecule has 0 saturated carbocycles. The minimum atomic E-state index is 0.993. The summed E-state index contributed by atoms with van der Waals surface area (Å²) in [7, 11) is 1.97. The summed E-state index contributed by atoms with van der Waals surface area (Å²) in [6.07, 6.45) is 4.57. The van der Waals surface area contributed by atoms with Crippen molar-refractivity contribution in [3.63, 3.8) is 0 Å². The maximum absolute atomic E-state index is 4.10. The van der Waals surface area contributed by atoms with Crippen LogP contribution in [-0.2, 0) is 19.9 Å². The molecule has 0 spiro atoms. The number of nitrogens with zero attached hydrogens (tertiary/aromatic N) is 3. The van der Waals surface area contributed by atoms with E-state index >= 15 is 0 Å². The van der Waals surface area contributed by atoms with Gasteiger partial charge in [0.25, 0.3) is 0 Å². The van der Waals surface area contributed by atoms with Gasteiger partial charge in [-0.05, 0) is 19.3 Å². The Morgan fingerprint density at radius 3 is 2.67 bits per heavy atom. The normalized spacial score (nSPS) is 10.6. The van der Waals surface area contributed by atoms with E-state index in [0.717, 1.165) is 18.5 Å². The van der Waals surface area contributed by atoms with Crippen molar-refractivity contribution in [2.24, 2.45) is 7.05 Å². The molecule has 1 rings (SSSR count). The molecule has 0 aliphatic rings. The summed E-state index contributed by atoms with van der Waals surface area (Å²) in [6.45, 7) is 4.33. The first-order chi connectivity index (χ1) is 5.79. The van der Waals surface area contributed by atoms with Crippen LogP contribution in [0.2, 0.25) is 0 Å². The lowest BCUT2D eigenvalue weighted by atomic mass is 10.1. The van der Waals surface area contributed by atoms with Crippen LogP contribution in [0.3, 0.4) is 0 Å². The largest absolute Gasteiger partial charge is 0.252 e. The van der Waals surface area contributed by atoms with Crippen LogP contribution in [0.1, 0.15) is 38.1 Å². The molecule has 12 heavy (non-hydrogen) atoms. The third-order valence-corrected chi connectivity index (χ3v) is 2.13. The van der Waals surface area contributed by atoms with Gasteiger partial charge in [0.1, 0.15) is 0 Å². The Bertz CT molecular complexity index is 240. The van der Waals surface area contributed by atoms with E-state index in [9.17, 15) is 0 Å². The SMILES string of the molecule is CCCCc1c(CC)nnn1C. The van der Waals surface area contributed by atoms with Crippen LogP contribution in [-0.4, -0.2) is 15.0 Å². The third-order valence-electron chi connectivity index (χ3n) is 2.13. The van der Waals surface area contributed by atoms with Crippen LogP contribution < -0.4 is 0 Å². The second-order valence-corrected chi connectivity index (χ2v) is 3.06. The summed E-state index contributed by atoms with van der Waals surface area (Å²) < 4.78 is 1.90. The van der Waals surface area contributed by atoms with E-state index in [1.54, 1.807) is 0 Å². The molecule has 0 atom stereocenters. The Kier molecular flexibility index (Phi) is 3.26. The van der Waals surface area contributed by atoms with E-state index < -0.39 is 0 Å². The first kappa shape index (κ1) is 9.23. The van der Waals surface area contributed by atoms with E-state index in [0.29, 0.717) is 0 Å². The van der Waals surface area contributed by atoms with E-state index in [1.165, 1.54) is 18.5 Å². The van der Waals surface area contributed by atoms with Crippen molar-refractivity contribution in [2.75, 3.05) is 0 Å². The van der Waals surface area contributed by atoms with Crippen LogP contribution in [0.15, 0.2) is 0 Å². The van der Waals surface area contributed by atoms with Crippen molar-refractivity contribution in [2.45, 2.75) is 39.5 Å². The Morgan fingerprint density at radius 2 is 2.08 bits per heavy atom. The Balaban J connectivity index is 2.72. The molecule has 3 nitrogen and oxygen atoms in total. The van der Waals surface area contributed by atoms with Crippen molar-refractivity contribution in [3.05, 3.63) is 11.4 Å². The summed E-state index contributed by atoms with van der Waals surface area (Å²) >= 11 is 0. The summed E-state index contributed by atoms with van der Waals surface area (Å²) in [5.74, 6) is 0. The zero-order chi connectivity index (χ0) is 8.97. The zero-order valence-electron chi connectivity index (χ0n) is 8.17. The average Bonchev–Trinajstić information content (AvgIpc) is 2.43. The molecular weight excluding hydrogens is 150 g/mol. The standard InChI is InChI=1S/C9H17N3/c1-4-6-7-9-8(5-2)10-11-12(9)3/h4-7H2,1-3H3. The van der Waals surface area contributed by atoms with Gasteiger partial charge in [-0.2, -0.15) is 0 Å². The fourth-order valence-electron chi connectivity index (χ4n) is 1.34. The second kappa shape index (κ2) is 4.24. The lowest BCUT2D eigenvalue weighted by molar-refractivity contribution is 0.655. The highest BCUT2D eigenvalue weighted by Crippen LogP contribution is 2.08. The van der Waals surface area contributed by atoms with Gasteiger partial charge in [-0.3, -0.25) is 4.68 Å². The van der Waals surface area contributed by atoms with Gasteiger partial charge in [-0.25, -0.2) is 0 Å². The fraction of sp³-hybridized carbons (Fsp3) is 0.778. The summed E-state index contributed by atoms with van der Waals surface area (Å²) in [5, 5.41) is 8.11. The molecule has 1 aromatic rings. The summed E-state index contributed by atoms with van der Waals surface area (Å²) in [5.41, 5.74) is 2.46. The molecule has 0 fully saturated rings. The number of hydrogen-bond acceptors (Lipinski definition) is 2. The van der Waals surface area contributed by atoms with Crippen molar-refractivity contribution in [1.82, 2.24) is 15.0 Å². The monoisotopic (exact) mass is 167 g/mol. The highest BCUT2D eigenvalue weighted by molar-refractivity contribution is 5.09. The predicted octanol–water partition coefficient (Wildman–Crippen LogP) is 1.72. The smallest absolute Gasteiger partial charge is 0.0856 e. The molecule has 1 heterocycles. The molecule has 68 valence electrons. The molecule has 0 N–H and O–H groups in total. The zero-order valence-corrected chi connectivity index (χ0v) is 8.17. The number of unbranched alkanes of at least 4 members (excludes halogenated alkanes) is 1. The van der Waals surface area contributed by atoms with Crippen LogP contribution in [0.25, 0.3) is 0 Å². The van der Waals surface area contributed by atoms with Gasteiger partial charge in [0.2, 0.25) is 0 Å². The van der Waals surface area contributed by atoms with E-state index in [1.807, 2.05) is 11.7 Å². The van der Waals surface area contributed by atoms with Crippen LogP contribution in [0, 0.1) is 0 Å². The first-order valence-electron chi connectivity index (χ1n) is 4.67. The van der Waals surface area contributed by atoms with Gasteiger partial charge in [0, 0.05) is 7.05 Å². The van der Waals surface area contributed by atoms with Gasteiger partial charge in [0.05, 0.1) is 11.4 Å². The van der Waals surface area contributed by atoms with Crippen molar-refractivity contribution in [3.8, 4) is 0 Å². The van der Waals surface area contributed by atoms with Gasteiger partial charge >= 0.3 is 0 Å². The lowest BCUT2D eigenvalue weighted by Gasteiger charge is -2.00. The Hall–Kier alpha value is -0.860. The molecule has 0 amide bonds. The van der Waals surface area contributed by atoms with E-state index in [4.69, 9.17) is 0 Å². The van der Waals surface area contributed by atoms with Crippen LogP contribution in [0.4, 0.5) is 0 Å². The topological polar surface area (TPSA) is 30.7 Å². The predicted molar refractivity (Wildman–Crippen MR) is 49.0 cm³/mol. The molecule has 0 radical (unpaired) electrons. The molecule has 0 bridgehead atoms. The summed E-state index contributed by atoms with van der Waals surface area (Å²) in [6, 6.07) is 0. The average molecular weight is 167 g/mol. The molecular formula is C9H17N3. The number of aromatic nitrogens is 3. The third kappa shape index (κ3) is 1.84. The number of aryl methyl sites for hydroxylation is 2. The molecule has 0 unspecified atom stereocenters. The van der Waals surface area contributed by atoms with Gasteiger partial charge in [-0.15, -0.1) is 5.10 Å². The molecule has 3 heteroatoms. The fourth-order valence-corrected chi connectivity index (χ4v) is 1.34. The van der Waals surface area contributed by atoms with Crippen molar-refractivity contribution >= 4 is 0 Å². The minimum Gasteiger partial charge on any atom is -0.252 e. The highest BCUT2D eigenvalue weighted by Gasteiger charge is 2.06. The highest BCUT2D eigenvalue weighted by atomic mass is 15.4. The van der Waals surface area contributed by atoms with Gasteiger partial charge in [-0.1, -0.05) is 25.5 Å². The van der Waals surface area contributed by atoms with E-state index in [2.05, 4.69) is 24.2 Å². The second-order valence-electron chi connectivity index (χ2n) is 3.06. The summed E-state index contributed by atoms with van der Waals surface area (Å²) in [4.78, 5) is 0. The maximum atomic E-state index is 4.10. The Labute approximate surface area is 73.8 Å². The van der Waals surface area contributed by atoms with Gasteiger partial charge < -0.3 is 0 Å². The first-order valence-corrected chi connectivity index (χ1v) is 4.67. The molecule has 0 aromatic carbocycles. The quantitative estimate of drug-likeness (QED) is 0.683. The minimum absolute atomic E-state index is 0.993. The number of hydrogen-bond donors (Lipinski definition) is 0. The lowest BCUT2D eigenvalue weighted by Crippen LogP contribution is -2.00. The van der Waals surface area contributed by atoms with E-state index in [-0.39, 0.29) is 0 Å². The molecule has 0 aliphatic carbocycles. The maximum Gasteiger partial charge on any atom is 0.0856 e. The van der Waals surface area contributed by atoms with Crippen LogP contribution in [0.5, 0.6) is 0 Å². The molecule has 0 saturated heterocycles. The van der Waals surface area contributed by atoms with Crippen molar-refractivity contribution < 1.29 is 0 Å². The van der Waals surface area contributed by atoms with Crippen molar-refractivity contribution in [1.29, 1.82) is 0 Å². The Morgan fingerprint density at radius 1 is 1.33 bits per heavy atom. The van der Waals surface area contributed by atoms with Crippen LogP contribution >= 0.6 is 0 Å². The number of rotatable bonds is 4. The molecule has 0 aliphatic heterocycles. The molecule has 1 aromatic heterocycles.